The first-order valence-electron chi connectivity index (χ1n) is 5.97. The van der Waals surface area contributed by atoms with Gasteiger partial charge in [-0.25, -0.2) is 4.79 Å². The second-order valence-corrected chi connectivity index (χ2v) is 5.09. The van der Waals surface area contributed by atoms with E-state index >= 15 is 0 Å². The summed E-state index contributed by atoms with van der Waals surface area (Å²) in [6.45, 7) is 3.66. The third-order valence-corrected chi connectivity index (χ3v) is 3.34. The van der Waals surface area contributed by atoms with E-state index in [0.29, 0.717) is 23.5 Å². The predicted octanol–water partition coefficient (Wildman–Crippen LogP) is 2.34. The quantitative estimate of drug-likeness (QED) is 0.448. The maximum absolute atomic E-state index is 11.2. The number of oxime groups is 1. The number of ether oxygens (including phenoxy) is 1. The van der Waals surface area contributed by atoms with E-state index in [1.54, 1.807) is 12.1 Å². The van der Waals surface area contributed by atoms with Crippen LogP contribution >= 0.6 is 0 Å². The first-order chi connectivity index (χ1) is 8.99. The fourth-order valence-corrected chi connectivity index (χ4v) is 2.26. The van der Waals surface area contributed by atoms with Gasteiger partial charge in [-0.2, -0.15) is 0 Å². The van der Waals surface area contributed by atoms with E-state index in [9.17, 15) is 4.79 Å². The summed E-state index contributed by atoms with van der Waals surface area (Å²) in [7, 11) is 0. The molecule has 0 bridgehead atoms. The van der Waals surface area contributed by atoms with Crippen LogP contribution < -0.4 is 10.4 Å². The number of benzene rings is 1. The summed E-state index contributed by atoms with van der Waals surface area (Å²) in [6, 6.07) is 6.68. The number of fused-ring (bicyclic) bond motifs is 2. The highest BCUT2D eigenvalue weighted by atomic mass is 16.5. The van der Waals surface area contributed by atoms with Gasteiger partial charge in [-0.1, -0.05) is 5.16 Å². The van der Waals surface area contributed by atoms with E-state index in [4.69, 9.17) is 14.4 Å². The summed E-state index contributed by atoms with van der Waals surface area (Å²) in [4.78, 5) is 11.2. The third kappa shape index (κ3) is 1.87. The molecule has 19 heavy (non-hydrogen) atoms. The molecule has 1 N–H and O–H groups in total. The van der Waals surface area contributed by atoms with Crippen molar-refractivity contribution in [2.75, 3.05) is 0 Å². The topological polar surface area (TPSA) is 72.0 Å². The van der Waals surface area contributed by atoms with Crippen molar-refractivity contribution in [3.63, 3.8) is 0 Å². The lowest BCUT2D eigenvalue weighted by molar-refractivity contribution is 0.163. The molecule has 5 heteroatoms. The molecular weight excluding hydrogens is 246 g/mol. The molecule has 0 saturated carbocycles. The highest BCUT2D eigenvalue weighted by Gasteiger charge is 2.34. The smallest absolute Gasteiger partial charge is 0.336 e. The van der Waals surface area contributed by atoms with Crippen LogP contribution in [-0.4, -0.2) is 16.5 Å². The molecule has 2 heterocycles. The van der Waals surface area contributed by atoms with Crippen LogP contribution in [0.5, 0.6) is 5.75 Å². The molecule has 2 aromatic rings. The standard InChI is InChI=1S/C14H13NO4/c1-14(2)12(15-17)6-9-5-8-3-4-13(16)18-10(8)7-11(9)19-14/h3-5,7,17H,6H2,1-2H3/b15-12-. The molecule has 1 aliphatic heterocycles. The lowest BCUT2D eigenvalue weighted by Gasteiger charge is -2.33. The Hall–Kier alpha value is -2.30. The number of hydrogen-bond donors (Lipinski definition) is 1. The van der Waals surface area contributed by atoms with Gasteiger partial charge in [0.05, 0.1) is 0 Å². The maximum Gasteiger partial charge on any atom is 0.336 e. The van der Waals surface area contributed by atoms with Crippen LogP contribution in [0.25, 0.3) is 11.0 Å². The fourth-order valence-electron chi connectivity index (χ4n) is 2.26. The van der Waals surface area contributed by atoms with Crippen LogP contribution in [0.15, 0.2) is 38.6 Å². The van der Waals surface area contributed by atoms with E-state index in [1.165, 1.54) is 6.07 Å². The van der Waals surface area contributed by atoms with Gasteiger partial charge in [0.1, 0.15) is 22.6 Å². The summed E-state index contributed by atoms with van der Waals surface area (Å²) in [5, 5.41) is 13.2. The first kappa shape index (κ1) is 11.8. The molecule has 0 unspecified atom stereocenters. The van der Waals surface area contributed by atoms with Gasteiger partial charge in [-0.05, 0) is 26.0 Å². The zero-order chi connectivity index (χ0) is 13.6. The van der Waals surface area contributed by atoms with E-state index in [0.717, 1.165) is 10.9 Å². The molecule has 3 rings (SSSR count). The molecule has 5 nitrogen and oxygen atoms in total. The minimum Gasteiger partial charge on any atom is -0.481 e. The Labute approximate surface area is 109 Å². The SMILES string of the molecule is CC1(C)Oc2cc3oc(=O)ccc3cc2C/C1=N/O. The Balaban J connectivity index is 2.21. The van der Waals surface area contributed by atoms with Crippen molar-refractivity contribution in [3.8, 4) is 5.75 Å². The molecule has 1 aromatic heterocycles. The fraction of sp³-hybridized carbons (Fsp3) is 0.286. The zero-order valence-electron chi connectivity index (χ0n) is 10.6. The van der Waals surface area contributed by atoms with Crippen molar-refractivity contribution >= 4 is 16.7 Å². The molecule has 0 radical (unpaired) electrons. The van der Waals surface area contributed by atoms with Gasteiger partial charge in [-0.15, -0.1) is 0 Å². The van der Waals surface area contributed by atoms with Gasteiger partial charge in [0.2, 0.25) is 0 Å². The lowest BCUT2D eigenvalue weighted by Crippen LogP contribution is -2.42. The molecule has 1 aromatic carbocycles. The van der Waals surface area contributed by atoms with Gasteiger partial charge < -0.3 is 14.4 Å². The monoisotopic (exact) mass is 259 g/mol. The Morgan fingerprint density at radius 2 is 2.11 bits per heavy atom. The molecule has 1 aliphatic rings. The summed E-state index contributed by atoms with van der Waals surface area (Å²) in [5.74, 6) is 0.652. The van der Waals surface area contributed by atoms with Crippen molar-refractivity contribution in [1.82, 2.24) is 0 Å². The number of rotatable bonds is 0. The predicted molar refractivity (Wildman–Crippen MR) is 70.1 cm³/mol. The molecule has 0 amide bonds. The average Bonchev–Trinajstić information content (AvgIpc) is 2.34. The second kappa shape index (κ2) is 3.85. The van der Waals surface area contributed by atoms with Crippen LogP contribution in [0.1, 0.15) is 19.4 Å². The van der Waals surface area contributed by atoms with Crippen molar-refractivity contribution in [2.45, 2.75) is 25.9 Å². The largest absolute Gasteiger partial charge is 0.481 e. The summed E-state index contributed by atoms with van der Waals surface area (Å²) in [5.41, 5.74) is 0.904. The van der Waals surface area contributed by atoms with E-state index in [-0.39, 0.29) is 5.63 Å². The van der Waals surface area contributed by atoms with Crippen LogP contribution in [0.3, 0.4) is 0 Å². The molecule has 0 saturated heterocycles. The Morgan fingerprint density at radius 1 is 1.32 bits per heavy atom. The molecule has 0 aliphatic carbocycles. The van der Waals surface area contributed by atoms with Crippen molar-refractivity contribution in [2.24, 2.45) is 5.16 Å². The Kier molecular flexibility index (Phi) is 2.38. The summed E-state index contributed by atoms with van der Waals surface area (Å²) in [6.07, 6.45) is 0.508. The van der Waals surface area contributed by atoms with Crippen LogP contribution in [0, 0.1) is 0 Å². The van der Waals surface area contributed by atoms with Crippen LogP contribution in [0.4, 0.5) is 0 Å². The van der Waals surface area contributed by atoms with Gasteiger partial charge in [0.15, 0.2) is 0 Å². The lowest BCUT2D eigenvalue weighted by atomic mass is 9.91. The molecule has 98 valence electrons. The van der Waals surface area contributed by atoms with Crippen molar-refractivity contribution in [3.05, 3.63) is 40.2 Å². The summed E-state index contributed by atoms with van der Waals surface area (Å²) < 4.78 is 11.0. The zero-order valence-corrected chi connectivity index (χ0v) is 10.6. The minimum absolute atomic E-state index is 0.389. The van der Waals surface area contributed by atoms with Crippen molar-refractivity contribution in [1.29, 1.82) is 0 Å². The van der Waals surface area contributed by atoms with E-state index in [1.807, 2.05) is 19.9 Å². The van der Waals surface area contributed by atoms with Crippen LogP contribution in [-0.2, 0) is 6.42 Å². The summed E-state index contributed by atoms with van der Waals surface area (Å²) >= 11 is 0. The normalized spacial score (nSPS) is 19.2. The highest BCUT2D eigenvalue weighted by molar-refractivity contribution is 5.96. The highest BCUT2D eigenvalue weighted by Crippen LogP contribution is 2.34. The Morgan fingerprint density at radius 3 is 2.84 bits per heavy atom. The molecule has 0 atom stereocenters. The Bertz CT molecular complexity index is 743. The van der Waals surface area contributed by atoms with Gasteiger partial charge in [0.25, 0.3) is 0 Å². The minimum atomic E-state index is -0.676. The van der Waals surface area contributed by atoms with E-state index in [2.05, 4.69) is 5.16 Å². The first-order valence-corrected chi connectivity index (χ1v) is 5.97. The molecule has 0 spiro atoms. The molecular formula is C14H13NO4. The number of hydrogen-bond acceptors (Lipinski definition) is 5. The third-order valence-electron chi connectivity index (χ3n) is 3.34. The molecule has 0 fully saturated rings. The van der Waals surface area contributed by atoms with Crippen LogP contribution in [0.2, 0.25) is 0 Å². The van der Waals surface area contributed by atoms with Crippen molar-refractivity contribution < 1.29 is 14.4 Å². The number of nitrogens with zero attached hydrogens (tertiary/aromatic N) is 1. The van der Waals surface area contributed by atoms with E-state index < -0.39 is 5.60 Å². The average molecular weight is 259 g/mol. The van der Waals surface area contributed by atoms with Gasteiger partial charge >= 0.3 is 5.63 Å². The second-order valence-electron chi connectivity index (χ2n) is 5.09. The van der Waals surface area contributed by atoms with Gasteiger partial charge in [0, 0.05) is 29.5 Å². The van der Waals surface area contributed by atoms with Gasteiger partial charge in [-0.3, -0.25) is 0 Å². The maximum atomic E-state index is 11.2.